The summed E-state index contributed by atoms with van der Waals surface area (Å²) in [5.41, 5.74) is 4.67. The molecule has 1 amide bonds. The summed E-state index contributed by atoms with van der Waals surface area (Å²) in [5.74, 6) is 0.428. The maximum Gasteiger partial charge on any atom is 0.410 e. The van der Waals surface area contributed by atoms with E-state index in [-0.39, 0.29) is 11.9 Å². The number of aromatic amines is 1. The lowest BCUT2D eigenvalue weighted by molar-refractivity contribution is 0.0270. The number of hydrogen-bond donors (Lipinski definition) is 2. The fraction of sp³-hybridized carbons (Fsp3) is 0.393. The molecule has 2 N–H and O–H groups in total. The number of fused-ring (bicyclic) bond motifs is 1. The Hall–Kier alpha value is -3.72. The van der Waals surface area contributed by atoms with Crippen molar-refractivity contribution in [3.05, 3.63) is 59.8 Å². The summed E-state index contributed by atoms with van der Waals surface area (Å²) in [7, 11) is 2.06. The van der Waals surface area contributed by atoms with Crippen molar-refractivity contribution >= 4 is 39.8 Å². The Morgan fingerprint density at radius 2 is 1.86 bits per heavy atom. The molecule has 37 heavy (non-hydrogen) atoms. The van der Waals surface area contributed by atoms with Crippen molar-refractivity contribution < 1.29 is 13.9 Å². The van der Waals surface area contributed by atoms with Crippen LogP contribution in [0.4, 0.5) is 20.7 Å². The predicted molar refractivity (Wildman–Crippen MR) is 144 cm³/mol. The zero-order valence-corrected chi connectivity index (χ0v) is 21.8. The van der Waals surface area contributed by atoms with Crippen molar-refractivity contribution in [3.8, 4) is 0 Å². The lowest BCUT2D eigenvalue weighted by atomic mass is 9.98. The van der Waals surface area contributed by atoms with Gasteiger partial charge in [-0.25, -0.2) is 19.2 Å². The smallest absolute Gasteiger partial charge is 0.410 e. The molecule has 0 aliphatic carbocycles. The van der Waals surface area contributed by atoms with E-state index in [0.29, 0.717) is 36.5 Å². The SMILES string of the molecule is CN1CC=C(c2cc(Nc3ncnc4[nH]c(C5=CCN(C(=O)OC(C)(C)C)CC5)cc34)ccc2F)CC1. The number of rotatable bonds is 4. The Labute approximate surface area is 216 Å². The number of H-pyrrole nitrogens is 1. The molecule has 0 bridgehead atoms. The number of carbonyl (C=O) groups is 1. The number of ether oxygens (including phenoxy) is 1. The first kappa shape index (κ1) is 25.0. The number of anilines is 2. The number of nitrogens with zero attached hydrogens (tertiary/aromatic N) is 4. The summed E-state index contributed by atoms with van der Waals surface area (Å²) in [6.07, 6.45) is 6.86. The summed E-state index contributed by atoms with van der Waals surface area (Å²) in [5, 5.41) is 4.20. The lowest BCUT2D eigenvalue weighted by Crippen LogP contribution is -2.39. The van der Waals surface area contributed by atoms with E-state index >= 15 is 0 Å². The predicted octanol–water partition coefficient (Wildman–Crippen LogP) is 5.58. The number of nitrogens with one attached hydrogen (secondary N) is 2. The summed E-state index contributed by atoms with van der Waals surface area (Å²) in [6, 6.07) is 7.10. The number of likely N-dealkylation sites (N-methyl/N-ethyl adjacent to an activating group) is 1. The minimum absolute atomic E-state index is 0.220. The van der Waals surface area contributed by atoms with Gasteiger partial charge < -0.3 is 24.8 Å². The normalized spacial score (nSPS) is 16.9. The van der Waals surface area contributed by atoms with Crippen LogP contribution < -0.4 is 5.32 Å². The van der Waals surface area contributed by atoms with E-state index < -0.39 is 5.60 Å². The van der Waals surface area contributed by atoms with Gasteiger partial charge in [-0.05, 0) is 76.1 Å². The van der Waals surface area contributed by atoms with Crippen LogP contribution in [0.15, 0.2) is 42.7 Å². The fourth-order valence-corrected chi connectivity index (χ4v) is 4.62. The highest BCUT2D eigenvalue weighted by Gasteiger charge is 2.24. The Bertz CT molecular complexity index is 1390. The topological polar surface area (TPSA) is 86.4 Å². The Kier molecular flexibility index (Phi) is 6.72. The summed E-state index contributed by atoms with van der Waals surface area (Å²) in [4.78, 5) is 28.5. The number of benzene rings is 1. The average molecular weight is 505 g/mol. The van der Waals surface area contributed by atoms with Gasteiger partial charge in [0.1, 0.15) is 29.2 Å². The average Bonchev–Trinajstić information content (AvgIpc) is 3.30. The summed E-state index contributed by atoms with van der Waals surface area (Å²) >= 11 is 0. The third-order valence-electron chi connectivity index (χ3n) is 6.62. The van der Waals surface area contributed by atoms with E-state index in [1.54, 1.807) is 11.0 Å². The van der Waals surface area contributed by atoms with Crippen molar-refractivity contribution in [2.45, 2.75) is 39.2 Å². The first-order valence-electron chi connectivity index (χ1n) is 12.6. The van der Waals surface area contributed by atoms with Gasteiger partial charge in [-0.15, -0.1) is 0 Å². The fourth-order valence-electron chi connectivity index (χ4n) is 4.62. The van der Waals surface area contributed by atoms with Crippen LogP contribution in [0.5, 0.6) is 0 Å². The molecule has 0 fully saturated rings. The molecule has 0 saturated carbocycles. The lowest BCUT2D eigenvalue weighted by Gasteiger charge is -2.29. The molecular formula is C28H33FN6O2. The highest BCUT2D eigenvalue weighted by atomic mass is 19.1. The van der Waals surface area contributed by atoms with Gasteiger partial charge in [-0.3, -0.25) is 0 Å². The minimum Gasteiger partial charge on any atom is -0.444 e. The van der Waals surface area contributed by atoms with E-state index in [2.05, 4.69) is 38.3 Å². The van der Waals surface area contributed by atoms with Crippen LogP contribution in [0.3, 0.4) is 0 Å². The molecule has 1 aromatic carbocycles. The molecule has 5 rings (SSSR count). The summed E-state index contributed by atoms with van der Waals surface area (Å²) < 4.78 is 20.2. The molecule has 8 nitrogen and oxygen atoms in total. The molecule has 0 saturated heterocycles. The molecule has 9 heteroatoms. The number of amides is 1. The van der Waals surface area contributed by atoms with Crippen molar-refractivity contribution in [1.29, 1.82) is 0 Å². The van der Waals surface area contributed by atoms with E-state index in [9.17, 15) is 9.18 Å². The molecule has 194 valence electrons. The van der Waals surface area contributed by atoms with Gasteiger partial charge in [0, 0.05) is 43.1 Å². The highest BCUT2D eigenvalue weighted by molar-refractivity contribution is 5.92. The first-order valence-corrected chi connectivity index (χ1v) is 12.6. The zero-order chi connectivity index (χ0) is 26.2. The second kappa shape index (κ2) is 9.97. The molecule has 4 heterocycles. The molecule has 0 radical (unpaired) electrons. The Morgan fingerprint density at radius 3 is 2.57 bits per heavy atom. The highest BCUT2D eigenvalue weighted by Crippen LogP contribution is 2.31. The van der Waals surface area contributed by atoms with Crippen LogP contribution in [-0.2, 0) is 4.74 Å². The van der Waals surface area contributed by atoms with E-state index in [1.165, 1.54) is 12.4 Å². The Balaban J connectivity index is 1.35. The maximum absolute atomic E-state index is 14.7. The van der Waals surface area contributed by atoms with Gasteiger partial charge >= 0.3 is 6.09 Å². The molecule has 2 aromatic heterocycles. The van der Waals surface area contributed by atoms with Gasteiger partial charge in [-0.2, -0.15) is 0 Å². The van der Waals surface area contributed by atoms with Crippen LogP contribution in [0, 0.1) is 5.82 Å². The number of halogens is 1. The van der Waals surface area contributed by atoms with Gasteiger partial charge in [0.2, 0.25) is 0 Å². The van der Waals surface area contributed by atoms with Crippen molar-refractivity contribution in [1.82, 2.24) is 24.8 Å². The van der Waals surface area contributed by atoms with Crippen molar-refractivity contribution in [2.75, 3.05) is 38.5 Å². The number of aromatic nitrogens is 3. The number of hydrogen-bond acceptors (Lipinski definition) is 6. The van der Waals surface area contributed by atoms with Crippen LogP contribution >= 0.6 is 0 Å². The molecule has 2 aliphatic rings. The molecule has 0 spiro atoms. The van der Waals surface area contributed by atoms with E-state index in [4.69, 9.17) is 4.74 Å². The third-order valence-corrected chi connectivity index (χ3v) is 6.62. The van der Waals surface area contributed by atoms with Crippen molar-refractivity contribution in [3.63, 3.8) is 0 Å². The van der Waals surface area contributed by atoms with Crippen LogP contribution in [0.2, 0.25) is 0 Å². The molecule has 0 unspecified atom stereocenters. The zero-order valence-electron chi connectivity index (χ0n) is 21.8. The van der Waals surface area contributed by atoms with Gasteiger partial charge in [0.25, 0.3) is 0 Å². The molecule has 3 aromatic rings. The molecule has 2 aliphatic heterocycles. The molecular weight excluding hydrogens is 471 g/mol. The number of carbonyl (C=O) groups excluding carboxylic acids is 1. The largest absolute Gasteiger partial charge is 0.444 e. The standard InChI is InChI=1S/C28H33FN6O2/c1-28(2,3)37-27(36)35-13-9-19(10-14-35)24-16-22-25(30-17-31-26(22)33-24)32-20-5-6-23(29)21(15-20)18-7-11-34(4)12-8-18/h5-7,9,15-17H,8,10-14H2,1-4H3,(H2,30,31,32,33). The van der Waals surface area contributed by atoms with Gasteiger partial charge in [-0.1, -0.05) is 12.2 Å². The molecule has 0 atom stereocenters. The Morgan fingerprint density at radius 1 is 1.08 bits per heavy atom. The second-order valence-corrected chi connectivity index (χ2v) is 10.6. The quantitative estimate of drug-likeness (QED) is 0.482. The monoisotopic (exact) mass is 504 g/mol. The second-order valence-electron chi connectivity index (χ2n) is 10.6. The van der Waals surface area contributed by atoms with Crippen LogP contribution in [-0.4, -0.2) is 69.7 Å². The third kappa shape index (κ3) is 5.67. The van der Waals surface area contributed by atoms with Gasteiger partial charge in [0.15, 0.2) is 0 Å². The van der Waals surface area contributed by atoms with E-state index in [1.807, 2.05) is 39.0 Å². The first-order chi connectivity index (χ1) is 17.7. The van der Waals surface area contributed by atoms with Gasteiger partial charge in [0.05, 0.1) is 5.39 Å². The summed E-state index contributed by atoms with van der Waals surface area (Å²) in [6.45, 7) is 8.39. The maximum atomic E-state index is 14.7. The van der Waals surface area contributed by atoms with E-state index in [0.717, 1.165) is 47.4 Å². The van der Waals surface area contributed by atoms with Crippen molar-refractivity contribution in [2.24, 2.45) is 0 Å². The van der Waals surface area contributed by atoms with Crippen LogP contribution in [0.25, 0.3) is 22.2 Å². The van der Waals surface area contributed by atoms with Crippen LogP contribution in [0.1, 0.15) is 44.9 Å². The minimum atomic E-state index is -0.518.